The summed E-state index contributed by atoms with van der Waals surface area (Å²) in [4.78, 5) is 20.7. The number of carbonyl (C=O) groups is 1. The number of pyridine rings is 1. The lowest BCUT2D eigenvalue weighted by Gasteiger charge is -2.24. The minimum absolute atomic E-state index is 0.0361. The van der Waals surface area contributed by atoms with Crippen LogP contribution in [0.4, 0.5) is 11.4 Å². The van der Waals surface area contributed by atoms with Crippen LogP contribution in [-0.2, 0) is 16.3 Å². The zero-order valence-electron chi connectivity index (χ0n) is 14.6. The van der Waals surface area contributed by atoms with Crippen LogP contribution >= 0.6 is 0 Å². The van der Waals surface area contributed by atoms with Gasteiger partial charge in [0.05, 0.1) is 11.5 Å². The molecule has 4 rings (SSSR count). The molecule has 2 aromatic rings. The van der Waals surface area contributed by atoms with Gasteiger partial charge in [-0.1, -0.05) is 18.2 Å². The number of fused-ring (bicyclic) bond motifs is 1. The Morgan fingerprint density at radius 1 is 1.27 bits per heavy atom. The summed E-state index contributed by atoms with van der Waals surface area (Å²) < 4.78 is 23.4. The Morgan fingerprint density at radius 2 is 2.08 bits per heavy atom. The molecule has 0 N–H and O–H groups in total. The maximum atomic E-state index is 12.8. The second kappa shape index (κ2) is 6.39. The minimum Gasteiger partial charge on any atom is -0.341 e. The molecule has 7 heteroatoms. The molecular formula is C19H21N3O3S. The Bertz CT molecular complexity index is 958. The van der Waals surface area contributed by atoms with Gasteiger partial charge in [0.15, 0.2) is 9.84 Å². The van der Waals surface area contributed by atoms with Crippen molar-refractivity contribution in [3.05, 3.63) is 53.9 Å². The molecule has 1 atom stereocenters. The van der Waals surface area contributed by atoms with Crippen LogP contribution < -0.4 is 4.90 Å². The SMILES string of the molecule is CN(C(=O)c1cc(N2CCc3ccccc32)ccn1)C1CCS(=O)(=O)C1. The molecule has 1 saturated heterocycles. The van der Waals surface area contributed by atoms with Crippen molar-refractivity contribution in [2.45, 2.75) is 18.9 Å². The van der Waals surface area contributed by atoms with Gasteiger partial charge in [-0.05, 0) is 36.6 Å². The third-order valence-electron chi connectivity index (χ3n) is 5.24. The number of para-hydroxylation sites is 1. The van der Waals surface area contributed by atoms with E-state index in [4.69, 9.17) is 0 Å². The molecule has 0 saturated carbocycles. The molecule has 0 bridgehead atoms. The van der Waals surface area contributed by atoms with E-state index in [9.17, 15) is 13.2 Å². The van der Waals surface area contributed by atoms with Gasteiger partial charge >= 0.3 is 0 Å². The number of sulfone groups is 1. The predicted molar refractivity (Wildman–Crippen MR) is 101 cm³/mol. The quantitative estimate of drug-likeness (QED) is 0.826. The lowest BCUT2D eigenvalue weighted by molar-refractivity contribution is 0.0742. The van der Waals surface area contributed by atoms with E-state index in [1.54, 1.807) is 19.3 Å². The largest absolute Gasteiger partial charge is 0.341 e. The van der Waals surface area contributed by atoms with Gasteiger partial charge < -0.3 is 9.80 Å². The molecule has 1 fully saturated rings. The van der Waals surface area contributed by atoms with Gasteiger partial charge in [0.2, 0.25) is 0 Å². The van der Waals surface area contributed by atoms with Crippen molar-refractivity contribution < 1.29 is 13.2 Å². The fraction of sp³-hybridized carbons (Fsp3) is 0.368. The van der Waals surface area contributed by atoms with Crippen molar-refractivity contribution in [2.75, 3.05) is 30.0 Å². The zero-order valence-corrected chi connectivity index (χ0v) is 15.4. The lowest BCUT2D eigenvalue weighted by atomic mass is 10.2. The summed E-state index contributed by atoms with van der Waals surface area (Å²) in [5.41, 5.74) is 3.73. The monoisotopic (exact) mass is 371 g/mol. The maximum Gasteiger partial charge on any atom is 0.272 e. The Morgan fingerprint density at radius 3 is 2.85 bits per heavy atom. The third kappa shape index (κ3) is 3.07. The molecule has 2 aliphatic rings. The van der Waals surface area contributed by atoms with Crippen molar-refractivity contribution in [3.8, 4) is 0 Å². The van der Waals surface area contributed by atoms with Crippen molar-refractivity contribution in [1.82, 2.24) is 9.88 Å². The van der Waals surface area contributed by atoms with Gasteiger partial charge in [-0.3, -0.25) is 9.78 Å². The molecule has 1 aromatic carbocycles. The maximum absolute atomic E-state index is 12.8. The summed E-state index contributed by atoms with van der Waals surface area (Å²) in [5, 5.41) is 0. The average molecular weight is 371 g/mol. The van der Waals surface area contributed by atoms with E-state index in [0.717, 1.165) is 24.3 Å². The highest BCUT2D eigenvalue weighted by atomic mass is 32.2. The molecule has 2 aliphatic heterocycles. The Hall–Kier alpha value is -2.41. The van der Waals surface area contributed by atoms with E-state index >= 15 is 0 Å². The molecule has 6 nitrogen and oxygen atoms in total. The molecule has 0 radical (unpaired) electrons. The van der Waals surface area contributed by atoms with Crippen LogP contribution in [0.15, 0.2) is 42.6 Å². The summed E-state index contributed by atoms with van der Waals surface area (Å²) in [7, 11) is -1.37. The first-order valence-corrected chi connectivity index (χ1v) is 10.6. The van der Waals surface area contributed by atoms with Gasteiger partial charge in [0.1, 0.15) is 5.69 Å². The summed E-state index contributed by atoms with van der Waals surface area (Å²) in [6.45, 7) is 0.869. The molecule has 26 heavy (non-hydrogen) atoms. The first kappa shape index (κ1) is 17.0. The number of carbonyl (C=O) groups excluding carboxylic acids is 1. The van der Waals surface area contributed by atoms with Crippen LogP contribution in [0, 0.1) is 0 Å². The smallest absolute Gasteiger partial charge is 0.272 e. The van der Waals surface area contributed by atoms with Gasteiger partial charge in [-0.25, -0.2) is 8.42 Å². The second-order valence-electron chi connectivity index (χ2n) is 6.90. The first-order valence-electron chi connectivity index (χ1n) is 8.74. The predicted octanol–water partition coefficient (Wildman–Crippen LogP) is 2.03. The fourth-order valence-electron chi connectivity index (χ4n) is 3.74. The number of rotatable bonds is 3. The lowest BCUT2D eigenvalue weighted by Crippen LogP contribution is -2.38. The van der Waals surface area contributed by atoms with Crippen LogP contribution in [0.25, 0.3) is 0 Å². The van der Waals surface area contributed by atoms with Gasteiger partial charge in [-0.2, -0.15) is 0 Å². The van der Waals surface area contributed by atoms with Crippen LogP contribution in [0.3, 0.4) is 0 Å². The molecular weight excluding hydrogens is 350 g/mol. The fourth-order valence-corrected chi connectivity index (χ4v) is 5.51. The minimum atomic E-state index is -3.03. The van der Waals surface area contributed by atoms with E-state index < -0.39 is 9.84 Å². The van der Waals surface area contributed by atoms with E-state index in [0.29, 0.717) is 12.1 Å². The van der Waals surface area contributed by atoms with Crippen LogP contribution in [0.2, 0.25) is 0 Å². The number of amides is 1. The van der Waals surface area contributed by atoms with Gasteiger partial charge in [-0.15, -0.1) is 0 Å². The topological polar surface area (TPSA) is 70.6 Å². The third-order valence-corrected chi connectivity index (χ3v) is 6.99. The molecule has 0 aliphatic carbocycles. The summed E-state index contributed by atoms with van der Waals surface area (Å²) in [5.74, 6) is -0.0525. The van der Waals surface area contributed by atoms with E-state index in [2.05, 4.69) is 22.0 Å². The van der Waals surface area contributed by atoms with Crippen molar-refractivity contribution in [1.29, 1.82) is 0 Å². The molecule has 136 valence electrons. The average Bonchev–Trinajstić information content (AvgIpc) is 3.23. The van der Waals surface area contributed by atoms with Crippen molar-refractivity contribution in [3.63, 3.8) is 0 Å². The Kier molecular flexibility index (Phi) is 4.19. The highest BCUT2D eigenvalue weighted by Crippen LogP contribution is 2.34. The van der Waals surface area contributed by atoms with E-state index in [1.807, 2.05) is 18.2 Å². The Balaban J connectivity index is 1.58. The van der Waals surface area contributed by atoms with Crippen molar-refractivity contribution in [2.24, 2.45) is 0 Å². The zero-order chi connectivity index (χ0) is 18.3. The molecule has 1 amide bonds. The molecule has 3 heterocycles. The number of benzene rings is 1. The number of hydrogen-bond donors (Lipinski definition) is 0. The Labute approximate surface area is 153 Å². The number of hydrogen-bond acceptors (Lipinski definition) is 5. The molecule has 1 unspecified atom stereocenters. The summed E-state index contributed by atoms with van der Waals surface area (Å²) >= 11 is 0. The highest BCUT2D eigenvalue weighted by molar-refractivity contribution is 7.91. The van der Waals surface area contributed by atoms with Crippen LogP contribution in [0.5, 0.6) is 0 Å². The molecule has 0 spiro atoms. The second-order valence-corrected chi connectivity index (χ2v) is 9.13. The number of aromatic nitrogens is 1. The van der Waals surface area contributed by atoms with Gasteiger partial charge in [0.25, 0.3) is 5.91 Å². The van der Waals surface area contributed by atoms with E-state index in [1.165, 1.54) is 10.5 Å². The summed E-state index contributed by atoms with van der Waals surface area (Å²) in [6.07, 6.45) is 3.11. The number of nitrogens with zero attached hydrogens (tertiary/aromatic N) is 3. The normalized spacial score (nSPS) is 20.8. The standard InChI is InChI=1S/C19H21N3O3S/c1-21(16-8-11-26(24,25)13-16)19(23)17-12-15(6-9-20-17)22-10-7-14-4-2-3-5-18(14)22/h2-6,9,12,16H,7-8,10-11,13H2,1H3. The van der Waals surface area contributed by atoms with Crippen LogP contribution in [0.1, 0.15) is 22.5 Å². The van der Waals surface area contributed by atoms with Crippen LogP contribution in [-0.4, -0.2) is 55.3 Å². The first-order chi connectivity index (χ1) is 12.4. The highest BCUT2D eigenvalue weighted by Gasteiger charge is 2.33. The summed E-state index contributed by atoms with van der Waals surface area (Å²) in [6, 6.07) is 11.7. The van der Waals surface area contributed by atoms with E-state index in [-0.39, 0.29) is 23.5 Å². The number of anilines is 2. The van der Waals surface area contributed by atoms with Crippen molar-refractivity contribution >= 4 is 27.1 Å². The molecule has 1 aromatic heterocycles. The van der Waals surface area contributed by atoms with Gasteiger partial charge in [0, 0.05) is 37.2 Å².